The van der Waals surface area contributed by atoms with E-state index in [4.69, 9.17) is 5.11 Å². The SMILES string of the molecule is Cc1cc(Br)c(F)cc1-n1c(C)cnc1SCC(=O)O. The Bertz CT molecular complexity index is 673. The lowest BCUT2D eigenvalue weighted by molar-refractivity contribution is -0.133. The third kappa shape index (κ3) is 3.04. The van der Waals surface area contributed by atoms with Crippen molar-refractivity contribution in [2.75, 3.05) is 5.75 Å². The van der Waals surface area contributed by atoms with Gasteiger partial charge in [0.25, 0.3) is 0 Å². The van der Waals surface area contributed by atoms with Crippen LogP contribution in [-0.4, -0.2) is 26.4 Å². The van der Waals surface area contributed by atoms with Crippen molar-refractivity contribution < 1.29 is 14.3 Å². The van der Waals surface area contributed by atoms with E-state index in [1.165, 1.54) is 6.07 Å². The molecular formula is C13H12BrFN2O2S. The number of nitrogens with zero attached hydrogens (tertiary/aromatic N) is 2. The Morgan fingerprint density at radius 3 is 2.85 bits per heavy atom. The van der Waals surface area contributed by atoms with Gasteiger partial charge in [-0.15, -0.1) is 0 Å². The number of aryl methyl sites for hydroxylation is 2. The first kappa shape index (κ1) is 15.1. The summed E-state index contributed by atoms with van der Waals surface area (Å²) in [6.45, 7) is 3.71. The van der Waals surface area contributed by atoms with Gasteiger partial charge in [-0.3, -0.25) is 9.36 Å². The Hall–Kier alpha value is -1.34. The van der Waals surface area contributed by atoms with Gasteiger partial charge in [0.05, 0.1) is 15.9 Å². The summed E-state index contributed by atoms with van der Waals surface area (Å²) in [5.41, 5.74) is 2.35. The minimum atomic E-state index is -0.916. The third-order valence-electron chi connectivity index (χ3n) is 2.71. The topological polar surface area (TPSA) is 55.1 Å². The van der Waals surface area contributed by atoms with E-state index in [0.29, 0.717) is 15.3 Å². The van der Waals surface area contributed by atoms with Crippen LogP contribution in [0.25, 0.3) is 5.69 Å². The highest BCUT2D eigenvalue weighted by Gasteiger charge is 2.15. The zero-order valence-corrected chi connectivity index (χ0v) is 13.3. The highest BCUT2D eigenvalue weighted by molar-refractivity contribution is 9.10. The van der Waals surface area contributed by atoms with Crippen LogP contribution in [0, 0.1) is 19.7 Å². The van der Waals surface area contributed by atoms with Crippen LogP contribution in [0.1, 0.15) is 11.3 Å². The highest BCUT2D eigenvalue weighted by Crippen LogP contribution is 2.28. The van der Waals surface area contributed by atoms with Gasteiger partial charge in [-0.25, -0.2) is 9.37 Å². The molecule has 2 rings (SSSR count). The molecule has 0 aliphatic heterocycles. The van der Waals surface area contributed by atoms with Gasteiger partial charge in [0.15, 0.2) is 5.16 Å². The number of carboxylic acids is 1. The Morgan fingerprint density at radius 1 is 1.50 bits per heavy atom. The largest absolute Gasteiger partial charge is 0.481 e. The fraction of sp³-hybridized carbons (Fsp3) is 0.231. The summed E-state index contributed by atoms with van der Waals surface area (Å²) in [7, 11) is 0. The summed E-state index contributed by atoms with van der Waals surface area (Å²) in [4.78, 5) is 14.9. The molecule has 0 radical (unpaired) electrons. The quantitative estimate of drug-likeness (QED) is 0.848. The normalized spacial score (nSPS) is 10.8. The van der Waals surface area contributed by atoms with E-state index >= 15 is 0 Å². The predicted octanol–water partition coefficient (Wildman–Crippen LogP) is 3.57. The average Bonchev–Trinajstić information content (AvgIpc) is 2.73. The number of thioether (sulfide) groups is 1. The molecule has 0 amide bonds. The van der Waals surface area contributed by atoms with Crippen molar-refractivity contribution in [2.45, 2.75) is 19.0 Å². The molecule has 7 heteroatoms. The lowest BCUT2D eigenvalue weighted by Gasteiger charge is -2.13. The van der Waals surface area contributed by atoms with Gasteiger partial charge in [-0.1, -0.05) is 11.8 Å². The first-order chi connectivity index (χ1) is 9.40. The predicted molar refractivity (Wildman–Crippen MR) is 79.1 cm³/mol. The molecule has 106 valence electrons. The van der Waals surface area contributed by atoms with Crippen molar-refractivity contribution in [3.63, 3.8) is 0 Å². The number of aliphatic carboxylic acids is 1. The van der Waals surface area contributed by atoms with Gasteiger partial charge >= 0.3 is 5.97 Å². The van der Waals surface area contributed by atoms with Crippen LogP contribution < -0.4 is 0 Å². The van der Waals surface area contributed by atoms with E-state index in [9.17, 15) is 9.18 Å². The monoisotopic (exact) mass is 358 g/mol. The Kier molecular flexibility index (Phi) is 4.49. The molecule has 1 aromatic heterocycles. The summed E-state index contributed by atoms with van der Waals surface area (Å²) in [6, 6.07) is 3.11. The molecule has 2 aromatic rings. The molecule has 1 aromatic carbocycles. The van der Waals surface area contributed by atoms with Crippen molar-refractivity contribution in [2.24, 2.45) is 0 Å². The first-order valence-corrected chi connectivity index (χ1v) is 7.53. The second kappa shape index (κ2) is 5.97. The zero-order valence-electron chi connectivity index (χ0n) is 10.9. The number of benzene rings is 1. The molecule has 0 aliphatic rings. The number of aromatic nitrogens is 2. The van der Waals surface area contributed by atoms with Gasteiger partial charge in [0, 0.05) is 11.9 Å². The lowest BCUT2D eigenvalue weighted by Crippen LogP contribution is -2.05. The van der Waals surface area contributed by atoms with Crippen LogP contribution in [0.5, 0.6) is 0 Å². The molecule has 0 saturated heterocycles. The maximum absolute atomic E-state index is 13.7. The highest BCUT2D eigenvalue weighted by atomic mass is 79.9. The van der Waals surface area contributed by atoms with Crippen molar-refractivity contribution in [3.05, 3.63) is 39.9 Å². The molecule has 20 heavy (non-hydrogen) atoms. The lowest BCUT2D eigenvalue weighted by atomic mass is 10.2. The zero-order chi connectivity index (χ0) is 14.9. The maximum atomic E-state index is 13.7. The molecule has 0 spiro atoms. The molecule has 1 heterocycles. The van der Waals surface area contributed by atoms with E-state index < -0.39 is 5.97 Å². The van der Waals surface area contributed by atoms with Crippen LogP contribution in [0.15, 0.2) is 28.0 Å². The van der Waals surface area contributed by atoms with Gasteiger partial charge in [0.1, 0.15) is 5.82 Å². The van der Waals surface area contributed by atoms with Gasteiger partial charge < -0.3 is 5.11 Å². The minimum absolute atomic E-state index is 0.0888. The van der Waals surface area contributed by atoms with Crippen molar-refractivity contribution in [1.29, 1.82) is 0 Å². The Morgan fingerprint density at radius 2 is 2.20 bits per heavy atom. The maximum Gasteiger partial charge on any atom is 0.313 e. The number of halogens is 2. The second-order valence-electron chi connectivity index (χ2n) is 4.25. The van der Waals surface area contributed by atoms with Crippen LogP contribution in [-0.2, 0) is 4.79 Å². The van der Waals surface area contributed by atoms with Crippen LogP contribution in [0.3, 0.4) is 0 Å². The van der Waals surface area contributed by atoms with Crippen molar-refractivity contribution >= 4 is 33.7 Å². The molecule has 4 nitrogen and oxygen atoms in total. The van der Waals surface area contributed by atoms with Crippen LogP contribution in [0.2, 0.25) is 0 Å². The molecule has 1 N–H and O–H groups in total. The van der Waals surface area contributed by atoms with E-state index in [1.54, 1.807) is 16.8 Å². The summed E-state index contributed by atoms with van der Waals surface area (Å²) < 4.78 is 15.9. The van der Waals surface area contributed by atoms with Gasteiger partial charge in [-0.05, 0) is 47.5 Å². The number of carbonyl (C=O) groups is 1. The standard InChI is InChI=1S/C13H12BrFN2O2S/c1-7-3-9(14)10(15)4-11(7)17-8(2)5-16-13(17)20-6-12(18)19/h3-5H,6H2,1-2H3,(H,18,19). The summed E-state index contributed by atoms with van der Waals surface area (Å²) in [5, 5.41) is 9.29. The molecule has 0 bridgehead atoms. The molecular weight excluding hydrogens is 347 g/mol. The van der Waals surface area contributed by atoms with Crippen LogP contribution >= 0.6 is 27.7 Å². The third-order valence-corrected chi connectivity index (χ3v) is 4.26. The molecule has 0 saturated carbocycles. The minimum Gasteiger partial charge on any atom is -0.481 e. The van der Waals surface area contributed by atoms with Gasteiger partial charge in [0.2, 0.25) is 0 Å². The molecule has 0 atom stereocenters. The average molecular weight is 359 g/mol. The molecule has 0 unspecified atom stereocenters. The van der Waals surface area contributed by atoms with Crippen molar-refractivity contribution in [3.8, 4) is 5.69 Å². The number of imidazole rings is 1. The smallest absolute Gasteiger partial charge is 0.313 e. The van der Waals surface area contributed by atoms with E-state index in [2.05, 4.69) is 20.9 Å². The van der Waals surface area contributed by atoms with E-state index in [-0.39, 0.29) is 11.6 Å². The van der Waals surface area contributed by atoms with Gasteiger partial charge in [-0.2, -0.15) is 0 Å². The Balaban J connectivity index is 2.49. The fourth-order valence-corrected chi connectivity index (χ4v) is 3.02. The number of carboxylic acid groups (broad SMARTS) is 1. The number of hydrogen-bond acceptors (Lipinski definition) is 3. The van der Waals surface area contributed by atoms with E-state index in [1.807, 2.05) is 13.8 Å². The second-order valence-corrected chi connectivity index (χ2v) is 6.05. The fourth-order valence-electron chi connectivity index (χ4n) is 1.81. The number of rotatable bonds is 4. The Labute approximate surface area is 128 Å². The number of hydrogen-bond donors (Lipinski definition) is 1. The summed E-state index contributed by atoms with van der Waals surface area (Å²) >= 11 is 4.26. The van der Waals surface area contributed by atoms with E-state index in [0.717, 1.165) is 23.0 Å². The molecule has 0 aliphatic carbocycles. The summed E-state index contributed by atoms with van der Waals surface area (Å²) in [5.74, 6) is -1.37. The summed E-state index contributed by atoms with van der Waals surface area (Å²) in [6.07, 6.45) is 1.64. The van der Waals surface area contributed by atoms with Crippen molar-refractivity contribution in [1.82, 2.24) is 9.55 Å². The van der Waals surface area contributed by atoms with Crippen LogP contribution in [0.4, 0.5) is 4.39 Å². The molecule has 0 fully saturated rings. The first-order valence-electron chi connectivity index (χ1n) is 5.75.